The minimum Gasteiger partial charge on any atom is -0.207 e. The van der Waals surface area contributed by atoms with E-state index in [-0.39, 0.29) is 5.82 Å². The normalized spacial score (nSPS) is 28.1. The fourth-order valence-corrected chi connectivity index (χ4v) is 5.01. The summed E-state index contributed by atoms with van der Waals surface area (Å²) in [5.74, 6) is 9.55. The van der Waals surface area contributed by atoms with Crippen molar-refractivity contribution >= 4 is 0 Å². The Morgan fingerprint density at radius 1 is 0.929 bits per heavy atom. The molecule has 0 heterocycles. The van der Waals surface area contributed by atoms with E-state index >= 15 is 0 Å². The van der Waals surface area contributed by atoms with Gasteiger partial charge in [-0.25, -0.2) is 4.39 Å². The zero-order valence-electron chi connectivity index (χ0n) is 17.6. The fourth-order valence-electron chi connectivity index (χ4n) is 5.01. The minimum atomic E-state index is -0.139. The highest BCUT2D eigenvalue weighted by molar-refractivity contribution is 5.23. The van der Waals surface area contributed by atoms with Gasteiger partial charge in [-0.2, -0.15) is 0 Å². The first kappa shape index (κ1) is 21.2. The van der Waals surface area contributed by atoms with Gasteiger partial charge < -0.3 is 0 Å². The van der Waals surface area contributed by atoms with E-state index in [0.717, 1.165) is 11.8 Å². The minimum absolute atomic E-state index is 0.139. The Hall–Kier alpha value is -1.55. The van der Waals surface area contributed by atoms with Gasteiger partial charge in [0.1, 0.15) is 5.82 Å². The first-order chi connectivity index (χ1) is 13.7. The average molecular weight is 381 g/mol. The summed E-state index contributed by atoms with van der Waals surface area (Å²) in [5, 5.41) is 0. The van der Waals surface area contributed by atoms with Crippen LogP contribution in [0.1, 0.15) is 95.5 Å². The molecule has 0 atom stereocenters. The number of hydrogen-bond acceptors (Lipinski definition) is 0. The Kier molecular flexibility index (Phi) is 8.66. The van der Waals surface area contributed by atoms with Gasteiger partial charge >= 0.3 is 0 Å². The van der Waals surface area contributed by atoms with Crippen molar-refractivity contribution in [1.82, 2.24) is 0 Å². The van der Waals surface area contributed by atoms with Crippen LogP contribution < -0.4 is 0 Å². The van der Waals surface area contributed by atoms with Gasteiger partial charge in [-0.1, -0.05) is 62.7 Å². The van der Waals surface area contributed by atoms with Crippen molar-refractivity contribution in [3.05, 3.63) is 47.8 Å². The fraction of sp³-hybridized carbons (Fsp3) is 0.630. The first-order valence-corrected chi connectivity index (χ1v) is 11.7. The average Bonchev–Trinajstić information content (AvgIpc) is 2.73. The molecule has 3 rings (SSSR count). The van der Waals surface area contributed by atoms with Gasteiger partial charge in [0.2, 0.25) is 0 Å². The zero-order chi connectivity index (χ0) is 19.6. The summed E-state index contributed by atoms with van der Waals surface area (Å²) in [4.78, 5) is 0. The maximum absolute atomic E-state index is 13.1. The SMILES string of the molecule is CCCCC[C@H]1CC[C@H](C=CC#C[C@H]2CC[C@H](c3ccc(F)cc3)CC2)CC1. The number of rotatable bonds is 6. The third kappa shape index (κ3) is 6.80. The Morgan fingerprint density at radius 3 is 2.32 bits per heavy atom. The number of hydrogen-bond donors (Lipinski definition) is 0. The van der Waals surface area contributed by atoms with E-state index in [9.17, 15) is 4.39 Å². The molecule has 1 aromatic rings. The molecule has 0 N–H and O–H groups in total. The molecule has 28 heavy (non-hydrogen) atoms. The van der Waals surface area contributed by atoms with Crippen molar-refractivity contribution in [2.45, 2.75) is 89.9 Å². The molecule has 2 aliphatic carbocycles. The molecule has 0 aromatic heterocycles. The van der Waals surface area contributed by atoms with Gasteiger partial charge in [-0.05, 0) is 92.9 Å². The Bertz CT molecular complexity index is 644. The van der Waals surface area contributed by atoms with Gasteiger partial charge in [0.25, 0.3) is 0 Å². The topological polar surface area (TPSA) is 0 Å². The summed E-state index contributed by atoms with van der Waals surface area (Å²) >= 11 is 0. The summed E-state index contributed by atoms with van der Waals surface area (Å²) in [6.45, 7) is 2.29. The molecule has 0 bridgehead atoms. The molecule has 2 fully saturated rings. The molecule has 0 unspecified atom stereocenters. The highest BCUT2D eigenvalue weighted by atomic mass is 19.1. The van der Waals surface area contributed by atoms with Gasteiger partial charge in [-0.3, -0.25) is 0 Å². The van der Waals surface area contributed by atoms with Gasteiger partial charge in [0, 0.05) is 5.92 Å². The van der Waals surface area contributed by atoms with Gasteiger partial charge in [-0.15, -0.1) is 0 Å². The third-order valence-electron chi connectivity index (χ3n) is 6.92. The van der Waals surface area contributed by atoms with Crippen LogP contribution in [0.5, 0.6) is 0 Å². The van der Waals surface area contributed by atoms with Crippen molar-refractivity contribution in [3.63, 3.8) is 0 Å². The second-order valence-corrected chi connectivity index (χ2v) is 9.02. The second kappa shape index (κ2) is 11.5. The first-order valence-electron chi connectivity index (χ1n) is 11.7. The van der Waals surface area contributed by atoms with Crippen molar-refractivity contribution in [3.8, 4) is 11.8 Å². The largest absolute Gasteiger partial charge is 0.207 e. The van der Waals surface area contributed by atoms with Crippen LogP contribution in [0, 0.1) is 35.4 Å². The second-order valence-electron chi connectivity index (χ2n) is 9.02. The molecule has 0 saturated heterocycles. The Morgan fingerprint density at radius 2 is 1.64 bits per heavy atom. The lowest BCUT2D eigenvalue weighted by Crippen LogP contribution is -2.13. The lowest BCUT2D eigenvalue weighted by Gasteiger charge is -2.26. The molecular weight excluding hydrogens is 343 g/mol. The molecule has 0 nitrogen and oxygen atoms in total. The maximum atomic E-state index is 13.1. The Labute approximate surface area is 172 Å². The van der Waals surface area contributed by atoms with Crippen LogP contribution in [0.2, 0.25) is 0 Å². The highest BCUT2D eigenvalue weighted by Crippen LogP contribution is 2.35. The summed E-state index contributed by atoms with van der Waals surface area (Å²) in [7, 11) is 0. The third-order valence-corrected chi connectivity index (χ3v) is 6.92. The summed E-state index contributed by atoms with van der Waals surface area (Å²) in [5.41, 5.74) is 1.29. The molecule has 0 aliphatic heterocycles. The van der Waals surface area contributed by atoms with Crippen LogP contribution in [0.25, 0.3) is 0 Å². The van der Waals surface area contributed by atoms with Crippen molar-refractivity contribution in [2.24, 2.45) is 17.8 Å². The molecule has 0 radical (unpaired) electrons. The molecular formula is C27H37F. The van der Waals surface area contributed by atoms with Gasteiger partial charge in [0.05, 0.1) is 0 Å². The molecule has 2 saturated carbocycles. The van der Waals surface area contributed by atoms with E-state index in [2.05, 4.69) is 30.9 Å². The molecule has 2 aliphatic rings. The van der Waals surface area contributed by atoms with Crippen LogP contribution in [-0.2, 0) is 0 Å². The summed E-state index contributed by atoms with van der Waals surface area (Å²) < 4.78 is 13.1. The maximum Gasteiger partial charge on any atom is 0.123 e. The summed E-state index contributed by atoms with van der Waals surface area (Å²) in [6.07, 6.45) is 20.4. The summed E-state index contributed by atoms with van der Waals surface area (Å²) in [6, 6.07) is 7.08. The highest BCUT2D eigenvalue weighted by Gasteiger charge is 2.21. The molecule has 1 aromatic carbocycles. The van der Waals surface area contributed by atoms with Crippen molar-refractivity contribution in [1.29, 1.82) is 0 Å². The van der Waals surface area contributed by atoms with E-state index in [4.69, 9.17) is 0 Å². The molecule has 0 spiro atoms. The van der Waals surface area contributed by atoms with E-state index < -0.39 is 0 Å². The number of benzene rings is 1. The van der Waals surface area contributed by atoms with Crippen LogP contribution in [0.15, 0.2) is 36.4 Å². The van der Waals surface area contributed by atoms with E-state index in [1.165, 1.54) is 82.6 Å². The van der Waals surface area contributed by atoms with Crippen molar-refractivity contribution in [2.75, 3.05) is 0 Å². The van der Waals surface area contributed by atoms with E-state index in [1.54, 1.807) is 12.1 Å². The molecule has 0 amide bonds. The predicted octanol–water partition coefficient (Wildman–Crippen LogP) is 8.05. The molecule has 152 valence electrons. The monoisotopic (exact) mass is 380 g/mol. The van der Waals surface area contributed by atoms with Crippen LogP contribution >= 0.6 is 0 Å². The lowest BCUT2D eigenvalue weighted by molar-refractivity contribution is 0.289. The quantitative estimate of drug-likeness (QED) is 0.346. The van der Waals surface area contributed by atoms with Crippen molar-refractivity contribution < 1.29 is 4.39 Å². The van der Waals surface area contributed by atoms with E-state index in [1.807, 2.05) is 12.1 Å². The Balaban J connectivity index is 1.35. The standard InChI is InChI=1S/C27H37F/c1-2-3-4-7-22-10-12-23(13-11-22)8-5-6-9-24-14-16-25(17-15-24)26-18-20-27(28)21-19-26/h5,8,18-25H,2-4,7,10-17H2,1H3/t22-,23-,24-,25-. The molecule has 1 heteroatoms. The smallest absolute Gasteiger partial charge is 0.123 e. The van der Waals surface area contributed by atoms with E-state index in [0.29, 0.717) is 11.8 Å². The number of unbranched alkanes of at least 4 members (excludes halogenated alkanes) is 2. The predicted molar refractivity (Wildman–Crippen MR) is 118 cm³/mol. The number of halogens is 1. The lowest BCUT2D eigenvalue weighted by atomic mass is 9.79. The number of allylic oxidation sites excluding steroid dienone is 2. The zero-order valence-corrected chi connectivity index (χ0v) is 17.6. The van der Waals surface area contributed by atoms with Gasteiger partial charge in [0.15, 0.2) is 0 Å². The van der Waals surface area contributed by atoms with Crippen LogP contribution in [0.3, 0.4) is 0 Å². The van der Waals surface area contributed by atoms with Crippen LogP contribution in [-0.4, -0.2) is 0 Å². The van der Waals surface area contributed by atoms with Crippen LogP contribution in [0.4, 0.5) is 4.39 Å².